The van der Waals surface area contributed by atoms with Crippen molar-refractivity contribution < 1.29 is 14.6 Å². The standard InChI is InChI=1S/C23H36O3/c1-4-16-6-8-20-19-7-5-17-13-18(26-15(2)25)9-12-23(17,14-24)21(19)10-11-22(16,20)3/h4,16-21,24H,1,5-14H2,2-3H3/t16-,17-,18-,19-,20-,21-,22+,23+/m0/s1. The molecule has 146 valence electrons. The van der Waals surface area contributed by atoms with Crippen LogP contribution < -0.4 is 0 Å². The minimum Gasteiger partial charge on any atom is -0.463 e. The third-order valence-corrected chi connectivity index (χ3v) is 9.30. The first-order chi connectivity index (χ1) is 12.4. The summed E-state index contributed by atoms with van der Waals surface area (Å²) in [6, 6.07) is 0. The van der Waals surface area contributed by atoms with Crippen LogP contribution >= 0.6 is 0 Å². The summed E-state index contributed by atoms with van der Waals surface area (Å²) in [5.74, 6) is 3.28. The summed E-state index contributed by atoms with van der Waals surface area (Å²) in [4.78, 5) is 11.4. The first-order valence-electron chi connectivity index (χ1n) is 10.8. The molecule has 0 heterocycles. The molecule has 4 fully saturated rings. The smallest absolute Gasteiger partial charge is 0.302 e. The van der Waals surface area contributed by atoms with E-state index in [9.17, 15) is 9.90 Å². The van der Waals surface area contributed by atoms with Gasteiger partial charge in [-0.2, -0.15) is 0 Å². The molecular weight excluding hydrogens is 324 g/mol. The van der Waals surface area contributed by atoms with Gasteiger partial charge < -0.3 is 9.84 Å². The number of carbonyl (C=O) groups is 1. The monoisotopic (exact) mass is 360 g/mol. The third kappa shape index (κ3) is 2.60. The molecule has 0 radical (unpaired) electrons. The third-order valence-electron chi connectivity index (χ3n) is 9.30. The van der Waals surface area contributed by atoms with Crippen LogP contribution in [0.1, 0.15) is 71.6 Å². The fourth-order valence-electron chi connectivity index (χ4n) is 8.09. The van der Waals surface area contributed by atoms with Gasteiger partial charge >= 0.3 is 5.97 Å². The van der Waals surface area contributed by atoms with Crippen molar-refractivity contribution in [2.45, 2.75) is 77.7 Å². The Balaban J connectivity index is 1.57. The van der Waals surface area contributed by atoms with Gasteiger partial charge in [0, 0.05) is 13.5 Å². The molecule has 4 aliphatic rings. The van der Waals surface area contributed by atoms with E-state index in [1.165, 1.54) is 45.4 Å². The van der Waals surface area contributed by atoms with Crippen LogP contribution in [-0.2, 0) is 9.53 Å². The highest BCUT2D eigenvalue weighted by Crippen LogP contribution is 2.67. The van der Waals surface area contributed by atoms with Crippen LogP contribution in [0.2, 0.25) is 0 Å². The SMILES string of the molecule is C=C[C@H]1CC[C@H]2[C@@H]3CC[C@H]4C[C@@H](OC(C)=O)CC[C@]4(CO)[C@H]3CC[C@]12C. The Hall–Kier alpha value is -0.830. The molecule has 0 aromatic rings. The Labute approximate surface area is 158 Å². The molecule has 0 aromatic heterocycles. The maximum atomic E-state index is 11.4. The van der Waals surface area contributed by atoms with E-state index in [1.54, 1.807) is 0 Å². The second kappa shape index (κ2) is 6.65. The van der Waals surface area contributed by atoms with Crippen LogP contribution in [0, 0.1) is 40.4 Å². The van der Waals surface area contributed by atoms with Crippen LogP contribution in [0.25, 0.3) is 0 Å². The highest BCUT2D eigenvalue weighted by Gasteiger charge is 2.61. The van der Waals surface area contributed by atoms with Crippen LogP contribution in [0.15, 0.2) is 12.7 Å². The summed E-state index contributed by atoms with van der Waals surface area (Å²) in [6.07, 6.45) is 12.9. The minimum atomic E-state index is -0.157. The summed E-state index contributed by atoms with van der Waals surface area (Å²) in [5, 5.41) is 10.6. The maximum absolute atomic E-state index is 11.4. The van der Waals surface area contributed by atoms with Crippen molar-refractivity contribution in [2.24, 2.45) is 40.4 Å². The van der Waals surface area contributed by atoms with E-state index in [2.05, 4.69) is 19.6 Å². The average Bonchev–Trinajstić information content (AvgIpc) is 2.97. The molecule has 3 heteroatoms. The van der Waals surface area contributed by atoms with Crippen molar-refractivity contribution in [2.75, 3.05) is 6.61 Å². The zero-order valence-electron chi connectivity index (χ0n) is 16.6. The van der Waals surface area contributed by atoms with Crippen molar-refractivity contribution in [3.05, 3.63) is 12.7 Å². The van der Waals surface area contributed by atoms with Gasteiger partial charge in [0.1, 0.15) is 6.10 Å². The second-order valence-electron chi connectivity index (χ2n) is 10.0. The van der Waals surface area contributed by atoms with Gasteiger partial charge in [-0.3, -0.25) is 4.79 Å². The van der Waals surface area contributed by atoms with Gasteiger partial charge in [-0.05, 0) is 98.2 Å². The number of aliphatic hydroxyl groups is 1. The van der Waals surface area contributed by atoms with Gasteiger partial charge in [0.25, 0.3) is 0 Å². The Kier molecular flexibility index (Phi) is 4.74. The maximum Gasteiger partial charge on any atom is 0.302 e. The molecule has 0 aromatic carbocycles. The van der Waals surface area contributed by atoms with Gasteiger partial charge in [0.2, 0.25) is 0 Å². The van der Waals surface area contributed by atoms with E-state index in [0.717, 1.165) is 31.1 Å². The molecule has 0 unspecified atom stereocenters. The Morgan fingerprint density at radius 3 is 2.65 bits per heavy atom. The van der Waals surface area contributed by atoms with Gasteiger partial charge in [0.05, 0.1) is 0 Å². The summed E-state index contributed by atoms with van der Waals surface area (Å²) >= 11 is 0. The summed E-state index contributed by atoms with van der Waals surface area (Å²) in [7, 11) is 0. The zero-order chi connectivity index (χ0) is 18.5. The van der Waals surface area contributed by atoms with E-state index in [1.807, 2.05) is 0 Å². The van der Waals surface area contributed by atoms with Gasteiger partial charge in [-0.25, -0.2) is 0 Å². The topological polar surface area (TPSA) is 46.5 Å². The summed E-state index contributed by atoms with van der Waals surface area (Å²) < 4.78 is 5.55. The van der Waals surface area contributed by atoms with E-state index in [0.29, 0.717) is 29.8 Å². The lowest BCUT2D eigenvalue weighted by atomic mass is 9.44. The van der Waals surface area contributed by atoms with Crippen LogP contribution in [0.4, 0.5) is 0 Å². The predicted octanol–water partition coefficient (Wildman–Crippen LogP) is 4.74. The average molecular weight is 361 g/mol. The first kappa shape index (κ1) is 18.5. The van der Waals surface area contributed by atoms with Crippen molar-refractivity contribution in [1.29, 1.82) is 0 Å². The normalized spacial score (nSPS) is 50.3. The highest BCUT2D eigenvalue weighted by atomic mass is 16.5. The fraction of sp³-hybridized carbons (Fsp3) is 0.870. The molecule has 3 nitrogen and oxygen atoms in total. The second-order valence-corrected chi connectivity index (χ2v) is 10.0. The lowest BCUT2D eigenvalue weighted by Gasteiger charge is -2.61. The first-order valence-corrected chi connectivity index (χ1v) is 10.8. The fourth-order valence-corrected chi connectivity index (χ4v) is 8.09. The number of rotatable bonds is 3. The number of carbonyl (C=O) groups excluding carboxylic acids is 1. The van der Waals surface area contributed by atoms with Crippen LogP contribution in [0.5, 0.6) is 0 Å². The lowest BCUT2D eigenvalue weighted by molar-refractivity contribution is -0.169. The predicted molar refractivity (Wildman–Crippen MR) is 102 cm³/mol. The zero-order valence-corrected chi connectivity index (χ0v) is 16.6. The molecule has 0 bridgehead atoms. The van der Waals surface area contributed by atoms with Gasteiger partial charge in [-0.1, -0.05) is 13.0 Å². The molecule has 8 atom stereocenters. The quantitative estimate of drug-likeness (QED) is 0.584. The molecule has 26 heavy (non-hydrogen) atoms. The van der Waals surface area contributed by atoms with E-state index in [4.69, 9.17) is 4.74 Å². The van der Waals surface area contributed by atoms with E-state index in [-0.39, 0.29) is 17.5 Å². The highest BCUT2D eigenvalue weighted by molar-refractivity contribution is 5.66. The molecule has 0 spiro atoms. The molecule has 0 aliphatic heterocycles. The van der Waals surface area contributed by atoms with E-state index < -0.39 is 0 Å². The van der Waals surface area contributed by atoms with Gasteiger partial charge in [-0.15, -0.1) is 6.58 Å². The molecule has 0 saturated heterocycles. The molecule has 4 saturated carbocycles. The molecule has 4 rings (SSSR count). The van der Waals surface area contributed by atoms with Crippen molar-refractivity contribution in [1.82, 2.24) is 0 Å². The molecule has 4 aliphatic carbocycles. The summed E-state index contributed by atoms with van der Waals surface area (Å²) in [5.41, 5.74) is 0.508. The lowest BCUT2D eigenvalue weighted by Crippen LogP contribution is -2.56. The molecular formula is C23H36O3. The van der Waals surface area contributed by atoms with Gasteiger partial charge in [0.15, 0.2) is 0 Å². The van der Waals surface area contributed by atoms with Crippen LogP contribution in [-0.4, -0.2) is 23.8 Å². The molecule has 0 amide bonds. The number of allylic oxidation sites excluding steroid dienone is 1. The number of hydrogen-bond acceptors (Lipinski definition) is 3. The minimum absolute atomic E-state index is 0.0687. The number of ether oxygens (including phenoxy) is 1. The van der Waals surface area contributed by atoms with Crippen LogP contribution in [0.3, 0.4) is 0 Å². The Bertz CT molecular complexity index is 572. The number of fused-ring (bicyclic) bond motifs is 5. The number of esters is 1. The largest absolute Gasteiger partial charge is 0.463 e. The van der Waals surface area contributed by atoms with Crippen molar-refractivity contribution in [3.8, 4) is 0 Å². The van der Waals surface area contributed by atoms with Crippen molar-refractivity contribution in [3.63, 3.8) is 0 Å². The summed E-state index contributed by atoms with van der Waals surface area (Å²) in [6.45, 7) is 8.48. The Morgan fingerprint density at radius 1 is 1.15 bits per heavy atom. The molecule has 1 N–H and O–H groups in total. The number of aliphatic hydroxyl groups excluding tert-OH is 1. The Morgan fingerprint density at radius 2 is 1.96 bits per heavy atom. The number of hydrogen-bond donors (Lipinski definition) is 1. The van der Waals surface area contributed by atoms with E-state index >= 15 is 0 Å². The van der Waals surface area contributed by atoms with Crippen molar-refractivity contribution >= 4 is 5.97 Å².